The lowest BCUT2D eigenvalue weighted by molar-refractivity contribution is -0.117. The van der Waals surface area contributed by atoms with E-state index in [1.54, 1.807) is 6.08 Å². The minimum absolute atomic E-state index is 0.0608. The number of nitrogens with one attached hydrogen (secondary N) is 1. The van der Waals surface area contributed by atoms with Crippen molar-refractivity contribution in [1.29, 1.82) is 0 Å². The Balaban J connectivity index is 1.38. The van der Waals surface area contributed by atoms with Gasteiger partial charge in [0.2, 0.25) is 5.91 Å². The fourth-order valence-corrected chi connectivity index (χ4v) is 3.62. The van der Waals surface area contributed by atoms with Crippen LogP contribution in [0.25, 0.3) is 6.08 Å². The first-order chi connectivity index (χ1) is 12.6. The highest BCUT2D eigenvalue weighted by Gasteiger charge is 2.24. The third kappa shape index (κ3) is 3.36. The smallest absolute Gasteiger partial charge is 0.244 e. The molecule has 0 radical (unpaired) electrons. The summed E-state index contributed by atoms with van der Waals surface area (Å²) in [5.41, 5.74) is 2.23. The molecule has 26 heavy (non-hydrogen) atoms. The summed E-state index contributed by atoms with van der Waals surface area (Å²) >= 11 is 0. The van der Waals surface area contributed by atoms with Crippen LogP contribution in [-0.4, -0.2) is 33.3 Å². The van der Waals surface area contributed by atoms with E-state index in [2.05, 4.69) is 40.0 Å². The molecular weight excluding hydrogens is 328 g/mol. The van der Waals surface area contributed by atoms with E-state index in [-0.39, 0.29) is 11.9 Å². The van der Waals surface area contributed by atoms with Crippen molar-refractivity contribution in [2.75, 3.05) is 6.61 Å². The Morgan fingerprint density at radius 1 is 1.35 bits per heavy atom. The molecule has 0 fully saturated rings. The Kier molecular flexibility index (Phi) is 4.49. The maximum Gasteiger partial charge on any atom is 0.244 e. The fraction of sp³-hybridized carbons (Fsp3) is 0.450. The van der Waals surface area contributed by atoms with Gasteiger partial charge in [0.25, 0.3) is 0 Å². The van der Waals surface area contributed by atoms with E-state index in [0.717, 1.165) is 55.4 Å². The van der Waals surface area contributed by atoms with Crippen LogP contribution < -0.4 is 10.1 Å². The lowest BCUT2D eigenvalue weighted by atomic mass is 10.1. The zero-order chi connectivity index (χ0) is 18.1. The van der Waals surface area contributed by atoms with Crippen LogP contribution in [0.1, 0.15) is 49.0 Å². The number of fused-ring (bicyclic) bond motifs is 2. The number of ether oxygens (including phenoxy) is 1. The van der Waals surface area contributed by atoms with Crippen LogP contribution in [0.2, 0.25) is 0 Å². The molecule has 0 spiro atoms. The summed E-state index contributed by atoms with van der Waals surface area (Å²) in [6.07, 6.45) is 6.15. The summed E-state index contributed by atoms with van der Waals surface area (Å²) in [5.74, 6) is 3.24. The molecule has 6 heteroatoms. The van der Waals surface area contributed by atoms with Gasteiger partial charge in [-0.25, -0.2) is 0 Å². The topological polar surface area (TPSA) is 69.0 Å². The number of aryl methyl sites for hydroxylation is 1. The summed E-state index contributed by atoms with van der Waals surface area (Å²) in [7, 11) is 0. The van der Waals surface area contributed by atoms with Crippen molar-refractivity contribution in [2.24, 2.45) is 0 Å². The predicted molar refractivity (Wildman–Crippen MR) is 99.0 cm³/mol. The molecular formula is C20H24N4O2. The zero-order valence-electron chi connectivity index (χ0n) is 15.2. The molecule has 1 aromatic carbocycles. The number of nitrogens with zero attached hydrogens (tertiary/aromatic N) is 3. The average Bonchev–Trinajstić information content (AvgIpc) is 3.25. The second kappa shape index (κ2) is 6.94. The summed E-state index contributed by atoms with van der Waals surface area (Å²) < 4.78 is 7.67. The van der Waals surface area contributed by atoms with Gasteiger partial charge in [0, 0.05) is 37.4 Å². The number of carbonyl (C=O) groups is 1. The quantitative estimate of drug-likeness (QED) is 0.859. The molecule has 1 aromatic heterocycles. The molecule has 2 aliphatic rings. The molecule has 0 saturated carbocycles. The van der Waals surface area contributed by atoms with E-state index in [0.29, 0.717) is 5.92 Å². The van der Waals surface area contributed by atoms with Crippen LogP contribution in [0.5, 0.6) is 5.75 Å². The SMILES string of the molecule is CC(C)c1nnc2n1C[C@@H](NC(=O)/C=C/c1ccc3c(c1)CCO3)CC2. The molecule has 136 valence electrons. The highest BCUT2D eigenvalue weighted by Crippen LogP contribution is 2.26. The second-order valence-corrected chi connectivity index (χ2v) is 7.28. The standard InChI is InChI=1S/C20H24N4O2/c1-13(2)20-23-22-18-7-5-16(12-24(18)20)21-19(25)8-4-14-3-6-17-15(11-14)9-10-26-17/h3-4,6,8,11,13,16H,5,7,9-10,12H2,1-2H3,(H,21,25)/b8-4+/t16-/m0/s1. The number of carbonyl (C=O) groups excluding carboxylic acids is 1. The average molecular weight is 352 g/mol. The van der Waals surface area contributed by atoms with Crippen molar-refractivity contribution in [3.8, 4) is 5.75 Å². The first-order valence-corrected chi connectivity index (χ1v) is 9.26. The monoisotopic (exact) mass is 352 g/mol. The van der Waals surface area contributed by atoms with Crippen molar-refractivity contribution in [1.82, 2.24) is 20.1 Å². The molecule has 3 heterocycles. The Labute approximate surface area is 153 Å². The maximum atomic E-state index is 12.3. The number of benzene rings is 1. The van der Waals surface area contributed by atoms with E-state index >= 15 is 0 Å². The lowest BCUT2D eigenvalue weighted by Crippen LogP contribution is -2.40. The number of amides is 1. The van der Waals surface area contributed by atoms with Gasteiger partial charge in [-0.2, -0.15) is 0 Å². The highest BCUT2D eigenvalue weighted by molar-refractivity contribution is 5.92. The van der Waals surface area contributed by atoms with Gasteiger partial charge in [-0.1, -0.05) is 19.9 Å². The van der Waals surface area contributed by atoms with Gasteiger partial charge < -0.3 is 14.6 Å². The van der Waals surface area contributed by atoms with E-state index in [1.807, 2.05) is 18.2 Å². The highest BCUT2D eigenvalue weighted by atomic mass is 16.5. The fourth-order valence-electron chi connectivity index (χ4n) is 3.62. The maximum absolute atomic E-state index is 12.3. The molecule has 2 aromatic rings. The van der Waals surface area contributed by atoms with Gasteiger partial charge in [-0.05, 0) is 35.8 Å². The van der Waals surface area contributed by atoms with Crippen LogP contribution in [0.15, 0.2) is 24.3 Å². The van der Waals surface area contributed by atoms with E-state index in [9.17, 15) is 4.79 Å². The number of rotatable bonds is 4. The van der Waals surface area contributed by atoms with Crippen LogP contribution in [0.3, 0.4) is 0 Å². The molecule has 1 N–H and O–H groups in total. The van der Waals surface area contributed by atoms with E-state index in [4.69, 9.17) is 4.74 Å². The first-order valence-electron chi connectivity index (χ1n) is 9.26. The van der Waals surface area contributed by atoms with Gasteiger partial charge >= 0.3 is 0 Å². The van der Waals surface area contributed by atoms with Crippen molar-refractivity contribution in [3.63, 3.8) is 0 Å². The van der Waals surface area contributed by atoms with Gasteiger partial charge in [-0.3, -0.25) is 4.79 Å². The predicted octanol–water partition coefficient (Wildman–Crippen LogP) is 2.48. The molecule has 1 amide bonds. The van der Waals surface area contributed by atoms with Crippen molar-refractivity contribution in [2.45, 2.75) is 51.6 Å². The Morgan fingerprint density at radius 2 is 2.23 bits per heavy atom. The lowest BCUT2D eigenvalue weighted by Gasteiger charge is -2.25. The van der Waals surface area contributed by atoms with Gasteiger partial charge in [-0.15, -0.1) is 10.2 Å². The van der Waals surface area contributed by atoms with Crippen LogP contribution in [0, 0.1) is 0 Å². The minimum Gasteiger partial charge on any atom is -0.493 e. The Hall–Kier alpha value is -2.63. The third-order valence-electron chi connectivity index (χ3n) is 4.98. The molecule has 6 nitrogen and oxygen atoms in total. The first kappa shape index (κ1) is 16.8. The summed E-state index contributed by atoms with van der Waals surface area (Å²) in [4.78, 5) is 12.3. The molecule has 1 atom stereocenters. The Bertz CT molecular complexity index is 853. The van der Waals surface area contributed by atoms with Crippen LogP contribution in [-0.2, 0) is 24.2 Å². The third-order valence-corrected chi connectivity index (χ3v) is 4.98. The summed E-state index contributed by atoms with van der Waals surface area (Å²) in [6, 6.07) is 6.15. The molecule has 4 rings (SSSR count). The number of hydrogen-bond acceptors (Lipinski definition) is 4. The normalized spacial score (nSPS) is 18.7. The van der Waals surface area contributed by atoms with Crippen molar-refractivity contribution in [3.05, 3.63) is 47.1 Å². The van der Waals surface area contributed by atoms with Crippen molar-refractivity contribution >= 4 is 12.0 Å². The van der Waals surface area contributed by atoms with Gasteiger partial charge in [0.05, 0.1) is 6.61 Å². The molecule has 0 aliphatic carbocycles. The van der Waals surface area contributed by atoms with E-state index in [1.165, 1.54) is 5.56 Å². The van der Waals surface area contributed by atoms with Crippen LogP contribution >= 0.6 is 0 Å². The molecule has 0 saturated heterocycles. The van der Waals surface area contributed by atoms with Gasteiger partial charge in [0.15, 0.2) is 0 Å². The number of aromatic nitrogens is 3. The molecule has 0 unspecified atom stereocenters. The second-order valence-electron chi connectivity index (χ2n) is 7.28. The zero-order valence-corrected chi connectivity index (χ0v) is 15.2. The number of hydrogen-bond donors (Lipinski definition) is 1. The minimum atomic E-state index is -0.0608. The summed E-state index contributed by atoms with van der Waals surface area (Å²) in [6.45, 7) is 5.72. The largest absolute Gasteiger partial charge is 0.493 e. The van der Waals surface area contributed by atoms with E-state index < -0.39 is 0 Å². The molecule has 2 aliphatic heterocycles. The van der Waals surface area contributed by atoms with Gasteiger partial charge in [0.1, 0.15) is 17.4 Å². The summed E-state index contributed by atoms with van der Waals surface area (Å²) in [5, 5.41) is 11.7. The Morgan fingerprint density at radius 3 is 3.08 bits per heavy atom. The van der Waals surface area contributed by atoms with Crippen LogP contribution in [0.4, 0.5) is 0 Å². The molecule has 0 bridgehead atoms. The van der Waals surface area contributed by atoms with Crippen molar-refractivity contribution < 1.29 is 9.53 Å².